The Bertz CT molecular complexity index is 1090. The van der Waals surface area contributed by atoms with Gasteiger partial charge in [-0.05, 0) is 59.7 Å². The third-order valence-electron chi connectivity index (χ3n) is 5.91. The van der Waals surface area contributed by atoms with E-state index >= 15 is 0 Å². The lowest BCUT2D eigenvalue weighted by Crippen LogP contribution is -2.27. The van der Waals surface area contributed by atoms with Crippen molar-refractivity contribution in [3.63, 3.8) is 0 Å². The van der Waals surface area contributed by atoms with Crippen molar-refractivity contribution < 1.29 is 9.53 Å². The molecule has 1 aliphatic rings. The van der Waals surface area contributed by atoms with Crippen LogP contribution in [0.3, 0.4) is 0 Å². The second-order valence-corrected chi connectivity index (χ2v) is 11.0. The minimum absolute atomic E-state index is 0.116. The normalized spacial score (nSPS) is 16.3. The third kappa shape index (κ3) is 4.75. The average Bonchev–Trinajstić information content (AvgIpc) is 3.38. The Morgan fingerprint density at radius 1 is 1.23 bits per heavy atom. The van der Waals surface area contributed by atoms with E-state index in [-0.39, 0.29) is 11.3 Å². The topological polar surface area (TPSA) is 50.7 Å². The average molecular weight is 453 g/mol. The molecule has 1 aliphatic carbocycles. The molecule has 0 saturated heterocycles. The van der Waals surface area contributed by atoms with Crippen molar-refractivity contribution in [1.82, 2.24) is 0 Å². The molecule has 1 N–H and O–H groups in total. The molecular weight excluding hydrogens is 424 g/mol. The van der Waals surface area contributed by atoms with Gasteiger partial charge in [0.2, 0.25) is 0 Å². The Hall–Kier alpha value is -2.44. The highest BCUT2D eigenvalue weighted by molar-refractivity contribution is 7.16. The molecule has 0 aliphatic heterocycles. The monoisotopic (exact) mass is 452 g/mol. The van der Waals surface area contributed by atoms with E-state index in [1.165, 1.54) is 4.88 Å². The molecule has 0 bridgehead atoms. The Labute approximate surface area is 192 Å². The molecule has 2 aromatic heterocycles. The molecule has 4 rings (SSSR count). The van der Waals surface area contributed by atoms with Gasteiger partial charge in [-0.1, -0.05) is 39.0 Å². The van der Waals surface area contributed by atoms with E-state index in [0.717, 1.165) is 34.7 Å². The predicted molar refractivity (Wildman–Crippen MR) is 132 cm³/mol. The van der Waals surface area contributed by atoms with Gasteiger partial charge in [-0.3, -0.25) is 4.79 Å². The van der Waals surface area contributed by atoms with Crippen LogP contribution in [-0.2, 0) is 12.8 Å². The van der Waals surface area contributed by atoms with Gasteiger partial charge in [0.05, 0.1) is 18.4 Å². The van der Waals surface area contributed by atoms with E-state index in [9.17, 15) is 4.79 Å². The summed E-state index contributed by atoms with van der Waals surface area (Å²) in [5.74, 6) is 1.14. The lowest BCUT2D eigenvalue weighted by Gasteiger charge is -2.33. The minimum atomic E-state index is -0.116. The van der Waals surface area contributed by atoms with Crippen LogP contribution in [0.2, 0.25) is 0 Å². The van der Waals surface area contributed by atoms with Crippen molar-refractivity contribution in [2.24, 2.45) is 16.3 Å². The van der Waals surface area contributed by atoms with Gasteiger partial charge in [-0.25, -0.2) is 4.99 Å². The van der Waals surface area contributed by atoms with E-state index in [0.29, 0.717) is 22.9 Å². The number of rotatable bonds is 5. The number of carbonyl (C=O) groups is 1. The van der Waals surface area contributed by atoms with Crippen molar-refractivity contribution in [2.45, 2.75) is 40.0 Å². The molecule has 1 amide bonds. The molecular formula is C25H28N2O2S2. The fraction of sp³-hybridized carbons (Fsp3) is 0.360. The number of anilines is 1. The molecule has 6 heteroatoms. The van der Waals surface area contributed by atoms with Crippen LogP contribution in [0.1, 0.15) is 52.9 Å². The zero-order valence-corrected chi connectivity index (χ0v) is 20.0. The smallest absolute Gasteiger partial charge is 0.259 e. The summed E-state index contributed by atoms with van der Waals surface area (Å²) >= 11 is 3.31. The molecule has 0 fully saturated rings. The highest BCUT2D eigenvalue weighted by Crippen LogP contribution is 2.45. The van der Waals surface area contributed by atoms with E-state index < -0.39 is 0 Å². The first-order valence-corrected chi connectivity index (χ1v) is 12.2. The first-order chi connectivity index (χ1) is 14.9. The van der Waals surface area contributed by atoms with Gasteiger partial charge in [0, 0.05) is 16.0 Å². The molecule has 4 nitrogen and oxygen atoms in total. The van der Waals surface area contributed by atoms with Crippen molar-refractivity contribution in [3.8, 4) is 5.75 Å². The van der Waals surface area contributed by atoms with Crippen LogP contribution in [0.4, 0.5) is 10.7 Å². The SMILES string of the molecule is COc1ccccc1NC(=O)c1c(N=Cc2cccs2)sc2c1CC[C@H](C(C)(C)C)C2. The predicted octanol–water partition coefficient (Wildman–Crippen LogP) is 6.97. The summed E-state index contributed by atoms with van der Waals surface area (Å²) in [6, 6.07) is 11.5. The van der Waals surface area contributed by atoms with Gasteiger partial charge < -0.3 is 10.1 Å². The number of hydrogen-bond acceptors (Lipinski definition) is 5. The summed E-state index contributed by atoms with van der Waals surface area (Å²) < 4.78 is 5.41. The second-order valence-electron chi connectivity index (χ2n) is 8.92. The summed E-state index contributed by atoms with van der Waals surface area (Å²) in [4.78, 5) is 20.6. The molecule has 0 saturated carbocycles. The maximum Gasteiger partial charge on any atom is 0.259 e. The van der Waals surface area contributed by atoms with Crippen LogP contribution in [0.15, 0.2) is 46.8 Å². The zero-order chi connectivity index (χ0) is 22.0. The molecule has 1 atom stereocenters. The molecule has 31 heavy (non-hydrogen) atoms. The van der Waals surface area contributed by atoms with Gasteiger partial charge in [-0.15, -0.1) is 22.7 Å². The quantitative estimate of drug-likeness (QED) is 0.425. The van der Waals surface area contributed by atoms with Crippen molar-refractivity contribution in [3.05, 3.63) is 62.7 Å². The molecule has 0 unspecified atom stereocenters. The van der Waals surface area contributed by atoms with E-state index in [2.05, 4.69) is 26.1 Å². The van der Waals surface area contributed by atoms with Gasteiger partial charge in [0.1, 0.15) is 10.8 Å². The molecule has 2 heterocycles. The Kier molecular flexibility index (Phi) is 6.30. The minimum Gasteiger partial charge on any atom is -0.495 e. The molecule has 162 valence electrons. The molecule has 0 radical (unpaired) electrons. The van der Waals surface area contributed by atoms with Crippen LogP contribution in [0, 0.1) is 11.3 Å². The number of thiophene rings is 2. The number of carbonyl (C=O) groups excluding carboxylic acids is 1. The zero-order valence-electron chi connectivity index (χ0n) is 18.4. The maximum absolute atomic E-state index is 13.4. The summed E-state index contributed by atoms with van der Waals surface area (Å²) in [5, 5.41) is 5.88. The number of nitrogens with zero attached hydrogens (tertiary/aromatic N) is 1. The summed E-state index contributed by atoms with van der Waals surface area (Å²) in [6.45, 7) is 6.92. The number of para-hydroxylation sites is 2. The van der Waals surface area contributed by atoms with Crippen LogP contribution >= 0.6 is 22.7 Å². The highest BCUT2D eigenvalue weighted by Gasteiger charge is 2.33. The Morgan fingerprint density at radius 2 is 2.03 bits per heavy atom. The van der Waals surface area contributed by atoms with Gasteiger partial charge in [0.25, 0.3) is 5.91 Å². The fourth-order valence-electron chi connectivity index (χ4n) is 4.06. The molecule has 3 aromatic rings. The standard InChI is InChI=1S/C25H28N2O2S2/c1-25(2,3)16-11-12-18-21(14-16)31-24(26-15-17-8-7-13-30-17)22(18)23(28)27-19-9-5-6-10-20(19)29-4/h5-10,13,15-16H,11-12,14H2,1-4H3,(H,27,28)/t16-/m0/s1. The number of fused-ring (bicyclic) bond motifs is 1. The van der Waals surface area contributed by atoms with E-state index in [4.69, 9.17) is 9.73 Å². The van der Waals surface area contributed by atoms with Gasteiger partial charge in [-0.2, -0.15) is 0 Å². The second kappa shape index (κ2) is 8.97. The lowest BCUT2D eigenvalue weighted by atomic mass is 9.72. The maximum atomic E-state index is 13.4. The first-order valence-electron chi connectivity index (χ1n) is 10.5. The first kappa shape index (κ1) is 21.8. The number of methoxy groups -OCH3 is 1. The van der Waals surface area contributed by atoms with Gasteiger partial charge >= 0.3 is 0 Å². The Balaban J connectivity index is 1.71. The lowest BCUT2D eigenvalue weighted by molar-refractivity contribution is 0.102. The van der Waals surface area contributed by atoms with E-state index in [1.807, 2.05) is 48.0 Å². The third-order valence-corrected chi connectivity index (χ3v) is 7.88. The van der Waals surface area contributed by atoms with Crippen molar-refractivity contribution in [2.75, 3.05) is 12.4 Å². The number of benzene rings is 1. The summed E-state index contributed by atoms with van der Waals surface area (Å²) in [5.41, 5.74) is 2.80. The number of ether oxygens (including phenoxy) is 1. The van der Waals surface area contributed by atoms with Crippen LogP contribution in [0.25, 0.3) is 0 Å². The van der Waals surface area contributed by atoms with Crippen molar-refractivity contribution in [1.29, 1.82) is 0 Å². The van der Waals surface area contributed by atoms with Crippen LogP contribution in [-0.4, -0.2) is 19.2 Å². The number of nitrogens with one attached hydrogen (secondary N) is 1. The highest BCUT2D eigenvalue weighted by atomic mass is 32.1. The summed E-state index contributed by atoms with van der Waals surface area (Å²) in [6.07, 6.45) is 4.88. The van der Waals surface area contributed by atoms with Crippen LogP contribution < -0.4 is 10.1 Å². The Morgan fingerprint density at radius 3 is 2.74 bits per heavy atom. The fourth-order valence-corrected chi connectivity index (χ4v) is 5.91. The number of hydrogen-bond donors (Lipinski definition) is 1. The summed E-state index contributed by atoms with van der Waals surface area (Å²) in [7, 11) is 1.61. The largest absolute Gasteiger partial charge is 0.495 e. The number of aliphatic imine (C=N–C) groups is 1. The van der Waals surface area contributed by atoms with Crippen LogP contribution in [0.5, 0.6) is 5.75 Å². The molecule has 0 spiro atoms. The van der Waals surface area contributed by atoms with Crippen molar-refractivity contribution >= 4 is 45.5 Å². The number of amides is 1. The van der Waals surface area contributed by atoms with Gasteiger partial charge in [0.15, 0.2) is 0 Å². The molecule has 1 aromatic carbocycles. The van der Waals surface area contributed by atoms with E-state index in [1.54, 1.807) is 29.8 Å².